The Bertz CT molecular complexity index is 894. The molecule has 0 fully saturated rings. The fourth-order valence-electron chi connectivity index (χ4n) is 3.07. The molecule has 3 rings (SSSR count). The van der Waals surface area contributed by atoms with E-state index in [9.17, 15) is 9.90 Å². The third kappa shape index (κ3) is 4.76. The standard InChI is InChI=1S/C25H25NO2/c1-19-13-15-20(16-14-19)17-18-25(2,24(27)28)26-23(21-9-5-3-6-10-21)22-11-7-4-8-12-22/h3-18,23,26H,1-2H3,(H,27,28)/b18-17-. The zero-order chi connectivity index (χ0) is 20.0. The van der Waals surface area contributed by atoms with Crippen molar-refractivity contribution in [3.05, 3.63) is 113 Å². The van der Waals surface area contributed by atoms with Gasteiger partial charge in [0.25, 0.3) is 0 Å². The van der Waals surface area contributed by atoms with Crippen LogP contribution in [-0.2, 0) is 4.79 Å². The zero-order valence-corrected chi connectivity index (χ0v) is 16.2. The highest BCUT2D eigenvalue weighted by atomic mass is 16.4. The Morgan fingerprint density at radius 3 is 1.86 bits per heavy atom. The Labute approximate surface area is 166 Å². The first-order chi connectivity index (χ1) is 13.5. The molecule has 0 saturated heterocycles. The predicted molar refractivity (Wildman–Crippen MR) is 114 cm³/mol. The Balaban J connectivity index is 1.95. The van der Waals surface area contributed by atoms with Gasteiger partial charge in [-0.3, -0.25) is 5.32 Å². The molecule has 0 bridgehead atoms. The number of hydrogen-bond acceptors (Lipinski definition) is 2. The fourth-order valence-corrected chi connectivity index (χ4v) is 3.07. The molecule has 28 heavy (non-hydrogen) atoms. The van der Waals surface area contributed by atoms with Crippen LogP contribution in [-0.4, -0.2) is 16.6 Å². The van der Waals surface area contributed by atoms with Crippen LogP contribution in [0.3, 0.4) is 0 Å². The van der Waals surface area contributed by atoms with Gasteiger partial charge in [0.05, 0.1) is 6.04 Å². The first-order valence-electron chi connectivity index (χ1n) is 9.35. The first kappa shape index (κ1) is 19.6. The quantitative estimate of drug-likeness (QED) is 0.598. The van der Waals surface area contributed by atoms with E-state index in [0.29, 0.717) is 0 Å². The lowest BCUT2D eigenvalue weighted by Gasteiger charge is -2.30. The van der Waals surface area contributed by atoms with E-state index < -0.39 is 11.5 Å². The van der Waals surface area contributed by atoms with Gasteiger partial charge in [0, 0.05) is 0 Å². The second kappa shape index (κ2) is 8.68. The molecule has 0 heterocycles. The SMILES string of the molecule is Cc1ccc(/C=C\C(C)(NC(c2ccccc2)c2ccccc2)C(=O)O)cc1. The van der Waals surface area contributed by atoms with E-state index >= 15 is 0 Å². The number of carboxylic acids is 1. The van der Waals surface area contributed by atoms with Crippen molar-refractivity contribution in [1.29, 1.82) is 0 Å². The van der Waals surface area contributed by atoms with Crippen LogP contribution in [0.2, 0.25) is 0 Å². The van der Waals surface area contributed by atoms with Crippen LogP contribution in [0.25, 0.3) is 6.08 Å². The van der Waals surface area contributed by atoms with E-state index in [1.165, 1.54) is 5.56 Å². The van der Waals surface area contributed by atoms with Crippen LogP contribution in [0, 0.1) is 6.92 Å². The summed E-state index contributed by atoms with van der Waals surface area (Å²) in [5.41, 5.74) is 2.94. The molecule has 0 spiro atoms. The third-order valence-electron chi connectivity index (χ3n) is 4.84. The molecule has 0 aliphatic heterocycles. The van der Waals surface area contributed by atoms with Gasteiger partial charge in [-0.2, -0.15) is 0 Å². The summed E-state index contributed by atoms with van der Waals surface area (Å²) in [4.78, 5) is 12.2. The highest BCUT2D eigenvalue weighted by molar-refractivity contribution is 5.82. The third-order valence-corrected chi connectivity index (χ3v) is 4.84. The van der Waals surface area contributed by atoms with Gasteiger partial charge in [-0.25, -0.2) is 4.79 Å². The minimum Gasteiger partial charge on any atom is -0.480 e. The van der Waals surface area contributed by atoms with E-state index in [1.807, 2.05) is 97.9 Å². The van der Waals surface area contributed by atoms with Crippen molar-refractivity contribution in [3.63, 3.8) is 0 Å². The van der Waals surface area contributed by atoms with E-state index in [0.717, 1.165) is 16.7 Å². The molecule has 3 nitrogen and oxygen atoms in total. The number of nitrogens with one attached hydrogen (secondary N) is 1. The number of hydrogen-bond donors (Lipinski definition) is 2. The zero-order valence-electron chi connectivity index (χ0n) is 16.2. The van der Waals surface area contributed by atoms with Crippen molar-refractivity contribution in [1.82, 2.24) is 5.32 Å². The maximum absolute atomic E-state index is 12.2. The summed E-state index contributed by atoms with van der Waals surface area (Å²) < 4.78 is 0. The van der Waals surface area contributed by atoms with Gasteiger partial charge in [-0.15, -0.1) is 0 Å². The number of benzene rings is 3. The second-order valence-electron chi connectivity index (χ2n) is 7.15. The summed E-state index contributed by atoms with van der Waals surface area (Å²) in [5, 5.41) is 13.3. The van der Waals surface area contributed by atoms with Crippen LogP contribution >= 0.6 is 0 Å². The van der Waals surface area contributed by atoms with Crippen molar-refractivity contribution in [3.8, 4) is 0 Å². The molecule has 0 saturated carbocycles. The van der Waals surface area contributed by atoms with Crippen LogP contribution in [0.4, 0.5) is 0 Å². The number of carboxylic acid groups (broad SMARTS) is 1. The van der Waals surface area contributed by atoms with Crippen LogP contribution in [0.15, 0.2) is 91.0 Å². The van der Waals surface area contributed by atoms with Crippen molar-refractivity contribution in [2.45, 2.75) is 25.4 Å². The van der Waals surface area contributed by atoms with Gasteiger partial charge in [0.2, 0.25) is 0 Å². The lowest BCUT2D eigenvalue weighted by atomic mass is 9.93. The number of carbonyl (C=O) groups is 1. The maximum Gasteiger partial charge on any atom is 0.327 e. The van der Waals surface area contributed by atoms with Crippen molar-refractivity contribution < 1.29 is 9.90 Å². The summed E-state index contributed by atoms with van der Waals surface area (Å²) >= 11 is 0. The Hall–Kier alpha value is -3.17. The number of aliphatic carboxylic acids is 1. The largest absolute Gasteiger partial charge is 0.480 e. The summed E-state index contributed by atoms with van der Waals surface area (Å²) in [5.74, 6) is -0.923. The molecular weight excluding hydrogens is 346 g/mol. The van der Waals surface area contributed by atoms with E-state index in [-0.39, 0.29) is 6.04 Å². The lowest BCUT2D eigenvalue weighted by molar-refractivity contribution is -0.142. The average Bonchev–Trinajstić information content (AvgIpc) is 2.73. The summed E-state index contributed by atoms with van der Waals surface area (Å²) in [7, 11) is 0. The highest BCUT2D eigenvalue weighted by Gasteiger charge is 2.33. The van der Waals surface area contributed by atoms with E-state index in [2.05, 4.69) is 5.32 Å². The van der Waals surface area contributed by atoms with Crippen molar-refractivity contribution >= 4 is 12.0 Å². The highest BCUT2D eigenvalue weighted by Crippen LogP contribution is 2.26. The maximum atomic E-state index is 12.2. The molecule has 3 heteroatoms. The molecule has 1 atom stereocenters. The molecule has 0 aliphatic rings. The van der Waals surface area contributed by atoms with Gasteiger partial charge in [0.1, 0.15) is 5.54 Å². The number of rotatable bonds is 7. The molecule has 3 aromatic rings. The Morgan fingerprint density at radius 2 is 1.39 bits per heavy atom. The molecule has 3 aromatic carbocycles. The van der Waals surface area contributed by atoms with Crippen molar-refractivity contribution in [2.24, 2.45) is 0 Å². The molecule has 1 unspecified atom stereocenters. The van der Waals surface area contributed by atoms with Crippen LogP contribution < -0.4 is 5.32 Å². The molecule has 0 aliphatic carbocycles. The van der Waals surface area contributed by atoms with Crippen LogP contribution in [0.5, 0.6) is 0 Å². The summed E-state index contributed by atoms with van der Waals surface area (Å²) in [6.07, 6.45) is 3.58. The molecule has 0 aromatic heterocycles. The second-order valence-corrected chi connectivity index (χ2v) is 7.15. The minimum absolute atomic E-state index is 0.244. The van der Waals surface area contributed by atoms with Crippen molar-refractivity contribution in [2.75, 3.05) is 0 Å². The topological polar surface area (TPSA) is 49.3 Å². The Kier molecular flexibility index (Phi) is 6.07. The Morgan fingerprint density at radius 1 is 0.893 bits per heavy atom. The lowest BCUT2D eigenvalue weighted by Crippen LogP contribution is -2.49. The van der Waals surface area contributed by atoms with Crippen LogP contribution in [0.1, 0.15) is 35.2 Å². The summed E-state index contributed by atoms with van der Waals surface area (Å²) in [6.45, 7) is 3.72. The molecule has 0 radical (unpaired) electrons. The van der Waals surface area contributed by atoms with Gasteiger partial charge in [0.15, 0.2) is 0 Å². The average molecular weight is 371 g/mol. The molecule has 0 amide bonds. The molecular formula is C25H25NO2. The number of aryl methyl sites for hydroxylation is 1. The predicted octanol–water partition coefficient (Wildman–Crippen LogP) is 5.23. The van der Waals surface area contributed by atoms with Gasteiger partial charge < -0.3 is 5.11 Å². The van der Waals surface area contributed by atoms with Gasteiger partial charge >= 0.3 is 5.97 Å². The summed E-state index contributed by atoms with van der Waals surface area (Å²) in [6, 6.07) is 27.6. The minimum atomic E-state index is -1.23. The molecule has 2 N–H and O–H groups in total. The smallest absolute Gasteiger partial charge is 0.327 e. The van der Waals surface area contributed by atoms with E-state index in [4.69, 9.17) is 0 Å². The molecule has 142 valence electrons. The van der Waals surface area contributed by atoms with E-state index in [1.54, 1.807) is 13.0 Å². The first-order valence-corrected chi connectivity index (χ1v) is 9.35. The monoisotopic (exact) mass is 371 g/mol. The normalized spacial score (nSPS) is 13.5. The van der Waals surface area contributed by atoms with Gasteiger partial charge in [-0.05, 0) is 30.5 Å². The fraction of sp³-hybridized carbons (Fsp3) is 0.160. The van der Waals surface area contributed by atoms with Gasteiger partial charge in [-0.1, -0.05) is 103 Å².